The van der Waals surface area contributed by atoms with E-state index in [9.17, 15) is 14.0 Å². The van der Waals surface area contributed by atoms with E-state index in [-0.39, 0.29) is 12.1 Å². The highest BCUT2D eigenvalue weighted by Crippen LogP contribution is 2.28. The molecule has 6 heteroatoms. The van der Waals surface area contributed by atoms with Gasteiger partial charge in [-0.2, -0.15) is 0 Å². The molecule has 2 aromatic rings. The molecule has 0 spiro atoms. The average Bonchev–Trinajstić information content (AvgIpc) is 2.67. The van der Waals surface area contributed by atoms with Gasteiger partial charge in [0.15, 0.2) is 0 Å². The number of carbonyl (C=O) groups excluding carboxylic acids is 2. The van der Waals surface area contributed by atoms with E-state index < -0.39 is 17.6 Å². The second kappa shape index (κ2) is 5.35. The van der Waals surface area contributed by atoms with Gasteiger partial charge in [0.2, 0.25) is 0 Å². The van der Waals surface area contributed by atoms with Crippen molar-refractivity contribution >= 4 is 43.7 Å². The maximum absolute atomic E-state index is 13.8. The monoisotopic (exact) mass is 411 g/mol. The van der Waals surface area contributed by atoms with Crippen LogP contribution in [0.25, 0.3) is 0 Å². The summed E-state index contributed by atoms with van der Waals surface area (Å²) >= 11 is 6.52. The summed E-state index contributed by atoms with van der Waals surface area (Å²) in [6, 6.07) is 9.33. The van der Waals surface area contributed by atoms with Crippen LogP contribution in [0.3, 0.4) is 0 Å². The second-order valence-corrected chi connectivity index (χ2v) is 6.45. The number of fused-ring (bicyclic) bond motifs is 1. The number of nitrogens with zero attached hydrogens (tertiary/aromatic N) is 1. The quantitative estimate of drug-likeness (QED) is 0.695. The number of halogens is 3. The van der Waals surface area contributed by atoms with Crippen molar-refractivity contribution in [2.75, 3.05) is 0 Å². The summed E-state index contributed by atoms with van der Waals surface area (Å²) in [4.78, 5) is 25.6. The van der Waals surface area contributed by atoms with Crippen molar-refractivity contribution in [3.63, 3.8) is 0 Å². The third-order valence-electron chi connectivity index (χ3n) is 3.27. The van der Waals surface area contributed by atoms with Gasteiger partial charge in [0.25, 0.3) is 11.8 Å². The Kier molecular flexibility index (Phi) is 3.67. The zero-order valence-electron chi connectivity index (χ0n) is 10.6. The van der Waals surface area contributed by atoms with Crippen LogP contribution in [0.15, 0.2) is 45.3 Å². The number of amides is 2. The zero-order chi connectivity index (χ0) is 15.1. The molecule has 3 rings (SSSR count). The minimum Gasteiger partial charge on any atom is -0.270 e. The molecule has 0 unspecified atom stereocenters. The fourth-order valence-corrected chi connectivity index (χ4v) is 3.01. The Morgan fingerprint density at radius 3 is 2.29 bits per heavy atom. The average molecular weight is 413 g/mol. The van der Waals surface area contributed by atoms with Crippen LogP contribution in [0.1, 0.15) is 26.3 Å². The van der Waals surface area contributed by atoms with E-state index >= 15 is 0 Å². The number of imide groups is 1. The largest absolute Gasteiger partial charge is 0.270 e. The molecule has 0 fully saturated rings. The van der Waals surface area contributed by atoms with Crippen LogP contribution in [-0.4, -0.2) is 16.7 Å². The highest BCUT2D eigenvalue weighted by molar-refractivity contribution is 9.10. The molecule has 0 N–H and O–H groups in total. The number of carbonyl (C=O) groups is 2. The lowest BCUT2D eigenvalue weighted by Gasteiger charge is -2.14. The first kappa shape index (κ1) is 14.4. The predicted octanol–water partition coefficient (Wildman–Crippen LogP) is 4.15. The van der Waals surface area contributed by atoms with Crippen LogP contribution in [-0.2, 0) is 6.54 Å². The van der Waals surface area contributed by atoms with Crippen molar-refractivity contribution in [3.8, 4) is 0 Å². The Morgan fingerprint density at radius 2 is 1.52 bits per heavy atom. The van der Waals surface area contributed by atoms with Crippen LogP contribution in [0.2, 0.25) is 0 Å². The smallest absolute Gasteiger partial charge is 0.261 e. The van der Waals surface area contributed by atoms with Gasteiger partial charge in [-0.05, 0) is 36.4 Å². The predicted molar refractivity (Wildman–Crippen MR) is 82.4 cm³/mol. The number of hydrogen-bond acceptors (Lipinski definition) is 2. The Balaban J connectivity index is 1.97. The van der Waals surface area contributed by atoms with E-state index in [2.05, 4.69) is 31.9 Å². The molecule has 0 saturated carbocycles. The van der Waals surface area contributed by atoms with Gasteiger partial charge in [0, 0.05) is 14.5 Å². The molecule has 0 aromatic heterocycles. The van der Waals surface area contributed by atoms with Gasteiger partial charge < -0.3 is 0 Å². The second-order valence-electron chi connectivity index (χ2n) is 4.62. The van der Waals surface area contributed by atoms with Crippen molar-refractivity contribution in [1.82, 2.24) is 4.90 Å². The Morgan fingerprint density at radius 1 is 0.905 bits per heavy atom. The molecule has 1 aliphatic rings. The maximum Gasteiger partial charge on any atom is 0.261 e. The van der Waals surface area contributed by atoms with E-state index in [4.69, 9.17) is 0 Å². The molecule has 2 amide bonds. The Bertz CT molecular complexity index is 776. The molecule has 106 valence electrons. The van der Waals surface area contributed by atoms with Crippen molar-refractivity contribution in [3.05, 3.63) is 67.9 Å². The molecule has 0 atom stereocenters. The molecule has 0 radical (unpaired) electrons. The SMILES string of the molecule is O=C1c2ccc(Br)cc2C(=O)N1Cc1cc(Br)ccc1F. The van der Waals surface area contributed by atoms with Gasteiger partial charge in [-0.1, -0.05) is 31.9 Å². The van der Waals surface area contributed by atoms with Crippen LogP contribution < -0.4 is 0 Å². The van der Waals surface area contributed by atoms with Crippen molar-refractivity contribution in [1.29, 1.82) is 0 Å². The van der Waals surface area contributed by atoms with E-state index in [1.165, 1.54) is 6.07 Å². The van der Waals surface area contributed by atoms with Crippen molar-refractivity contribution < 1.29 is 14.0 Å². The lowest BCUT2D eigenvalue weighted by Crippen LogP contribution is -2.29. The lowest BCUT2D eigenvalue weighted by atomic mass is 10.1. The molecule has 2 aromatic carbocycles. The van der Waals surface area contributed by atoms with E-state index in [0.29, 0.717) is 15.6 Å². The zero-order valence-corrected chi connectivity index (χ0v) is 13.7. The maximum atomic E-state index is 13.8. The number of benzene rings is 2. The van der Waals surface area contributed by atoms with Crippen molar-refractivity contribution in [2.24, 2.45) is 0 Å². The van der Waals surface area contributed by atoms with E-state index in [0.717, 1.165) is 9.37 Å². The standard InChI is InChI=1S/C15H8Br2FNO2/c16-9-2-4-13(18)8(5-9)7-19-14(20)11-3-1-10(17)6-12(11)15(19)21/h1-6H,7H2. The topological polar surface area (TPSA) is 37.4 Å². The van der Waals surface area contributed by atoms with Crippen LogP contribution >= 0.6 is 31.9 Å². The number of rotatable bonds is 2. The molecule has 3 nitrogen and oxygen atoms in total. The molecule has 1 aliphatic heterocycles. The van der Waals surface area contributed by atoms with E-state index in [1.54, 1.807) is 30.3 Å². The van der Waals surface area contributed by atoms with Gasteiger partial charge in [-0.25, -0.2) is 4.39 Å². The first-order chi connectivity index (χ1) is 9.97. The van der Waals surface area contributed by atoms with Gasteiger partial charge in [-0.15, -0.1) is 0 Å². The number of hydrogen-bond donors (Lipinski definition) is 0. The molecule has 1 heterocycles. The van der Waals surface area contributed by atoms with Crippen molar-refractivity contribution in [2.45, 2.75) is 6.54 Å². The van der Waals surface area contributed by atoms with Gasteiger partial charge >= 0.3 is 0 Å². The summed E-state index contributed by atoms with van der Waals surface area (Å²) in [5.41, 5.74) is 0.973. The molecule has 0 saturated heterocycles. The highest BCUT2D eigenvalue weighted by atomic mass is 79.9. The highest BCUT2D eigenvalue weighted by Gasteiger charge is 2.35. The molecule has 0 aliphatic carbocycles. The summed E-state index contributed by atoms with van der Waals surface area (Å²) in [6.45, 7) is -0.0881. The van der Waals surface area contributed by atoms with Crippen LogP contribution in [0.4, 0.5) is 4.39 Å². The first-order valence-electron chi connectivity index (χ1n) is 6.07. The Labute approximate surface area is 137 Å². The summed E-state index contributed by atoms with van der Waals surface area (Å²) in [6.07, 6.45) is 0. The van der Waals surface area contributed by atoms with Gasteiger partial charge in [0.05, 0.1) is 17.7 Å². The van der Waals surface area contributed by atoms with Gasteiger partial charge in [-0.3, -0.25) is 14.5 Å². The lowest BCUT2D eigenvalue weighted by molar-refractivity contribution is 0.0641. The molecular weight excluding hydrogens is 405 g/mol. The summed E-state index contributed by atoms with van der Waals surface area (Å²) in [7, 11) is 0. The minimum atomic E-state index is -0.448. The van der Waals surface area contributed by atoms with E-state index in [1.807, 2.05) is 0 Å². The summed E-state index contributed by atoms with van der Waals surface area (Å²) in [5, 5.41) is 0. The van der Waals surface area contributed by atoms with Gasteiger partial charge in [0.1, 0.15) is 5.82 Å². The molecule has 0 bridgehead atoms. The fourth-order valence-electron chi connectivity index (χ4n) is 2.24. The Hall–Kier alpha value is -1.53. The molecular formula is C15H8Br2FNO2. The minimum absolute atomic E-state index is 0.0881. The fraction of sp³-hybridized carbons (Fsp3) is 0.0667. The van der Waals surface area contributed by atoms with Crippen LogP contribution in [0.5, 0.6) is 0 Å². The third-order valence-corrected chi connectivity index (χ3v) is 4.26. The normalized spacial score (nSPS) is 13.8. The first-order valence-corrected chi connectivity index (χ1v) is 7.65. The van der Waals surface area contributed by atoms with Crippen LogP contribution in [0, 0.1) is 5.82 Å². The summed E-state index contributed by atoms with van der Waals surface area (Å²) < 4.78 is 15.2. The summed E-state index contributed by atoms with van der Waals surface area (Å²) in [5.74, 6) is -1.26. The third kappa shape index (κ3) is 2.53. The molecule has 21 heavy (non-hydrogen) atoms.